The smallest absolute Gasteiger partial charge is 0.273 e. The number of hydrogen-bond acceptors (Lipinski definition) is 3. The molecule has 0 saturated carbocycles. The van der Waals surface area contributed by atoms with Crippen LogP contribution in [0.4, 0.5) is 5.69 Å². The van der Waals surface area contributed by atoms with Crippen molar-refractivity contribution in [3.05, 3.63) is 28.7 Å². The van der Waals surface area contributed by atoms with Crippen molar-refractivity contribution in [1.82, 2.24) is 4.57 Å². The molecule has 0 aliphatic rings. The van der Waals surface area contributed by atoms with E-state index in [-0.39, 0.29) is 11.2 Å². The van der Waals surface area contributed by atoms with Crippen molar-refractivity contribution in [1.29, 1.82) is 0 Å². The predicted octanol–water partition coefficient (Wildman–Crippen LogP) is -0.611. The fourth-order valence-corrected chi connectivity index (χ4v) is 0.871. The lowest BCUT2D eigenvalue weighted by molar-refractivity contribution is 0.683. The summed E-state index contributed by atoms with van der Waals surface area (Å²) in [5.74, 6) is 0. The van der Waals surface area contributed by atoms with Crippen LogP contribution in [0.5, 0.6) is 0 Å². The summed E-state index contributed by atoms with van der Waals surface area (Å²) in [5, 5.41) is 0. The second-order valence-electron chi connectivity index (χ2n) is 2.25. The summed E-state index contributed by atoms with van der Waals surface area (Å²) >= 11 is 0. The summed E-state index contributed by atoms with van der Waals surface area (Å²) in [4.78, 5) is 11.1. The van der Waals surface area contributed by atoms with E-state index in [1.54, 1.807) is 18.3 Å². The van der Waals surface area contributed by atoms with E-state index in [1.807, 2.05) is 0 Å². The van der Waals surface area contributed by atoms with Gasteiger partial charge in [-0.2, -0.15) is 0 Å². The lowest BCUT2D eigenvalue weighted by Gasteiger charge is -2.02. The van der Waals surface area contributed by atoms with Gasteiger partial charge < -0.3 is 16.0 Å². The molecule has 0 unspecified atom stereocenters. The molecule has 0 atom stereocenters. The average molecular weight is 153 g/mol. The van der Waals surface area contributed by atoms with Gasteiger partial charge in [0.25, 0.3) is 5.56 Å². The van der Waals surface area contributed by atoms with Crippen LogP contribution in [0.3, 0.4) is 0 Å². The molecule has 4 nitrogen and oxygen atoms in total. The van der Waals surface area contributed by atoms with Crippen LogP contribution in [0.2, 0.25) is 0 Å². The second-order valence-corrected chi connectivity index (χ2v) is 2.25. The summed E-state index contributed by atoms with van der Waals surface area (Å²) in [6.07, 6.45) is 1.67. The summed E-state index contributed by atoms with van der Waals surface area (Å²) in [5.41, 5.74) is 10.8. The maximum absolute atomic E-state index is 11.1. The van der Waals surface area contributed by atoms with Crippen LogP contribution in [-0.2, 0) is 6.54 Å². The highest BCUT2D eigenvalue weighted by Crippen LogP contribution is 1.90. The Bertz CT molecular complexity index is 292. The zero-order valence-electron chi connectivity index (χ0n) is 6.16. The highest BCUT2D eigenvalue weighted by molar-refractivity contribution is 5.33. The van der Waals surface area contributed by atoms with E-state index in [4.69, 9.17) is 11.5 Å². The largest absolute Gasteiger partial charge is 0.394 e. The first kappa shape index (κ1) is 7.81. The van der Waals surface area contributed by atoms with E-state index >= 15 is 0 Å². The molecule has 1 rings (SSSR count). The molecule has 4 N–H and O–H groups in total. The first-order valence-electron chi connectivity index (χ1n) is 3.40. The molecule has 11 heavy (non-hydrogen) atoms. The van der Waals surface area contributed by atoms with Crippen molar-refractivity contribution < 1.29 is 0 Å². The Balaban J connectivity index is 3.07. The summed E-state index contributed by atoms with van der Waals surface area (Å²) < 4.78 is 1.50. The Hall–Kier alpha value is -1.29. The molecule has 0 spiro atoms. The standard InChI is InChI=1S/C7H11N3O/c8-3-5-10-4-1-2-6(9)7(10)11/h1-2,4H,3,5,8-9H2. The lowest BCUT2D eigenvalue weighted by atomic mass is 10.4. The van der Waals surface area contributed by atoms with Crippen LogP contribution in [0.15, 0.2) is 23.1 Å². The van der Waals surface area contributed by atoms with Gasteiger partial charge in [0, 0.05) is 19.3 Å². The first-order valence-corrected chi connectivity index (χ1v) is 3.40. The van der Waals surface area contributed by atoms with E-state index in [2.05, 4.69) is 0 Å². The van der Waals surface area contributed by atoms with Crippen molar-refractivity contribution in [2.24, 2.45) is 5.73 Å². The molecular formula is C7H11N3O. The normalized spacial score (nSPS) is 9.91. The number of hydrogen-bond donors (Lipinski definition) is 2. The Morgan fingerprint density at radius 1 is 1.55 bits per heavy atom. The minimum atomic E-state index is -0.169. The number of rotatable bonds is 2. The van der Waals surface area contributed by atoms with E-state index < -0.39 is 0 Å². The molecule has 0 amide bonds. The second kappa shape index (κ2) is 3.21. The Morgan fingerprint density at radius 2 is 2.27 bits per heavy atom. The molecule has 0 aromatic carbocycles. The van der Waals surface area contributed by atoms with Gasteiger partial charge in [0.2, 0.25) is 0 Å². The Kier molecular flexibility index (Phi) is 2.28. The molecule has 0 aliphatic heterocycles. The predicted molar refractivity (Wildman–Crippen MR) is 44.2 cm³/mol. The number of nitrogen functional groups attached to an aromatic ring is 1. The zero-order valence-corrected chi connectivity index (χ0v) is 6.16. The van der Waals surface area contributed by atoms with Gasteiger partial charge in [0.1, 0.15) is 0 Å². The summed E-state index contributed by atoms with van der Waals surface area (Å²) in [6, 6.07) is 3.31. The lowest BCUT2D eigenvalue weighted by Crippen LogP contribution is -2.25. The van der Waals surface area contributed by atoms with Crippen molar-refractivity contribution in [3.63, 3.8) is 0 Å². The van der Waals surface area contributed by atoms with E-state index in [0.29, 0.717) is 13.1 Å². The molecule has 1 aromatic heterocycles. The number of nitrogens with two attached hydrogens (primary N) is 2. The third-order valence-electron chi connectivity index (χ3n) is 1.42. The van der Waals surface area contributed by atoms with Gasteiger partial charge in [-0.15, -0.1) is 0 Å². The number of aromatic nitrogens is 1. The monoisotopic (exact) mass is 153 g/mol. The SMILES string of the molecule is NCCn1cccc(N)c1=O. The van der Waals surface area contributed by atoms with E-state index in [1.165, 1.54) is 4.57 Å². The van der Waals surface area contributed by atoms with Crippen molar-refractivity contribution >= 4 is 5.69 Å². The Morgan fingerprint density at radius 3 is 2.91 bits per heavy atom. The van der Waals surface area contributed by atoms with Gasteiger partial charge in [-0.05, 0) is 12.1 Å². The van der Waals surface area contributed by atoms with Gasteiger partial charge in [0.15, 0.2) is 0 Å². The van der Waals surface area contributed by atoms with Crippen LogP contribution in [0.1, 0.15) is 0 Å². The van der Waals surface area contributed by atoms with E-state index in [9.17, 15) is 4.79 Å². The molecule has 0 saturated heterocycles. The fourth-order valence-electron chi connectivity index (χ4n) is 0.871. The van der Waals surface area contributed by atoms with Gasteiger partial charge in [-0.3, -0.25) is 4.79 Å². The highest BCUT2D eigenvalue weighted by atomic mass is 16.1. The van der Waals surface area contributed by atoms with Crippen molar-refractivity contribution in [2.45, 2.75) is 6.54 Å². The van der Waals surface area contributed by atoms with Gasteiger partial charge >= 0.3 is 0 Å². The minimum absolute atomic E-state index is 0.169. The molecule has 1 heterocycles. The molecule has 1 aromatic rings. The van der Waals surface area contributed by atoms with Crippen molar-refractivity contribution in [2.75, 3.05) is 12.3 Å². The van der Waals surface area contributed by atoms with E-state index in [0.717, 1.165) is 0 Å². The third kappa shape index (κ3) is 1.59. The highest BCUT2D eigenvalue weighted by Gasteiger charge is 1.95. The average Bonchev–Trinajstić information content (AvgIpc) is 1.99. The zero-order chi connectivity index (χ0) is 8.27. The topological polar surface area (TPSA) is 74.0 Å². The maximum atomic E-state index is 11.1. The maximum Gasteiger partial charge on any atom is 0.273 e. The molecule has 0 fully saturated rings. The van der Waals surface area contributed by atoms with Crippen LogP contribution in [0.25, 0.3) is 0 Å². The molecule has 4 heteroatoms. The van der Waals surface area contributed by atoms with Crippen molar-refractivity contribution in [3.8, 4) is 0 Å². The minimum Gasteiger partial charge on any atom is -0.394 e. The van der Waals surface area contributed by atoms with Crippen LogP contribution < -0.4 is 17.0 Å². The van der Waals surface area contributed by atoms with Crippen LogP contribution in [0, 0.1) is 0 Å². The number of nitrogens with zero attached hydrogens (tertiary/aromatic N) is 1. The van der Waals surface area contributed by atoms with Gasteiger partial charge in [0.05, 0.1) is 5.69 Å². The van der Waals surface area contributed by atoms with Crippen LogP contribution in [-0.4, -0.2) is 11.1 Å². The molecule has 0 radical (unpaired) electrons. The molecule has 0 bridgehead atoms. The first-order chi connectivity index (χ1) is 5.25. The summed E-state index contributed by atoms with van der Waals surface area (Å²) in [6.45, 7) is 0.966. The molecular weight excluding hydrogens is 142 g/mol. The number of anilines is 1. The fraction of sp³-hybridized carbons (Fsp3) is 0.286. The molecule has 60 valence electrons. The number of pyridine rings is 1. The van der Waals surface area contributed by atoms with Gasteiger partial charge in [-0.25, -0.2) is 0 Å². The Labute approximate surface area is 64.4 Å². The van der Waals surface area contributed by atoms with Gasteiger partial charge in [-0.1, -0.05) is 0 Å². The third-order valence-corrected chi connectivity index (χ3v) is 1.42. The summed E-state index contributed by atoms with van der Waals surface area (Å²) in [7, 11) is 0. The quantitative estimate of drug-likeness (QED) is 0.595. The van der Waals surface area contributed by atoms with Crippen LogP contribution >= 0.6 is 0 Å². The molecule has 0 aliphatic carbocycles.